The first-order chi connectivity index (χ1) is 7.03. The van der Waals surface area contributed by atoms with Gasteiger partial charge in [0, 0.05) is 19.6 Å². The van der Waals surface area contributed by atoms with Crippen LogP contribution in [0.5, 0.6) is 0 Å². The van der Waals surface area contributed by atoms with E-state index in [1.165, 1.54) is 0 Å². The monoisotopic (exact) mass is 213 g/mol. The normalized spacial score (nSPS) is 29.1. The highest BCUT2D eigenvalue weighted by atomic mass is 16.2. The summed E-state index contributed by atoms with van der Waals surface area (Å²) in [7, 11) is 1.71. The number of carbonyl (C=O) groups is 1. The van der Waals surface area contributed by atoms with Crippen LogP contribution in [-0.2, 0) is 4.79 Å². The van der Waals surface area contributed by atoms with Gasteiger partial charge in [-0.3, -0.25) is 9.69 Å². The SMILES string of the molecule is CNC(=O)C1(C)CCN(C(C)CCN)C1. The molecule has 1 aliphatic heterocycles. The number of hydrogen-bond donors (Lipinski definition) is 2. The summed E-state index contributed by atoms with van der Waals surface area (Å²) in [4.78, 5) is 14.1. The van der Waals surface area contributed by atoms with E-state index in [1.807, 2.05) is 6.92 Å². The summed E-state index contributed by atoms with van der Waals surface area (Å²) < 4.78 is 0. The lowest BCUT2D eigenvalue weighted by Gasteiger charge is -2.26. The Morgan fingerprint density at radius 1 is 1.67 bits per heavy atom. The molecule has 0 aliphatic carbocycles. The van der Waals surface area contributed by atoms with Crippen LogP contribution < -0.4 is 11.1 Å². The van der Waals surface area contributed by atoms with Crippen molar-refractivity contribution in [2.24, 2.45) is 11.1 Å². The van der Waals surface area contributed by atoms with Gasteiger partial charge < -0.3 is 11.1 Å². The quantitative estimate of drug-likeness (QED) is 0.700. The summed E-state index contributed by atoms with van der Waals surface area (Å²) in [5.41, 5.74) is 5.33. The second-order valence-corrected chi connectivity index (χ2v) is 4.79. The topological polar surface area (TPSA) is 58.4 Å². The number of nitrogens with zero attached hydrogens (tertiary/aromatic N) is 1. The predicted molar refractivity (Wildman–Crippen MR) is 61.5 cm³/mol. The minimum Gasteiger partial charge on any atom is -0.359 e. The largest absolute Gasteiger partial charge is 0.359 e. The molecule has 4 nitrogen and oxygen atoms in total. The minimum absolute atomic E-state index is 0.157. The van der Waals surface area contributed by atoms with Gasteiger partial charge in [0.25, 0.3) is 0 Å². The van der Waals surface area contributed by atoms with Crippen LogP contribution in [0.1, 0.15) is 26.7 Å². The lowest BCUT2D eigenvalue weighted by molar-refractivity contribution is -0.129. The van der Waals surface area contributed by atoms with E-state index < -0.39 is 0 Å². The van der Waals surface area contributed by atoms with E-state index in [0.717, 1.165) is 25.9 Å². The third-order valence-electron chi connectivity index (χ3n) is 3.49. The van der Waals surface area contributed by atoms with Gasteiger partial charge in [0.15, 0.2) is 0 Å². The number of hydrogen-bond acceptors (Lipinski definition) is 3. The average molecular weight is 213 g/mol. The van der Waals surface area contributed by atoms with Gasteiger partial charge in [-0.15, -0.1) is 0 Å². The molecule has 1 rings (SSSR count). The van der Waals surface area contributed by atoms with Gasteiger partial charge in [0.2, 0.25) is 5.91 Å². The molecule has 0 bridgehead atoms. The summed E-state index contributed by atoms with van der Waals surface area (Å²) >= 11 is 0. The van der Waals surface area contributed by atoms with Crippen LogP contribution in [0.2, 0.25) is 0 Å². The van der Waals surface area contributed by atoms with Gasteiger partial charge in [0.05, 0.1) is 5.41 Å². The number of carbonyl (C=O) groups excluding carboxylic acids is 1. The second kappa shape index (κ2) is 4.94. The van der Waals surface area contributed by atoms with Gasteiger partial charge >= 0.3 is 0 Å². The lowest BCUT2D eigenvalue weighted by atomic mass is 9.89. The standard InChI is InChI=1S/C11H23N3O/c1-9(4-6-12)14-7-5-11(2,8-14)10(15)13-3/h9H,4-8,12H2,1-3H3,(H,13,15). The molecule has 1 amide bonds. The van der Waals surface area contributed by atoms with Gasteiger partial charge in [-0.2, -0.15) is 0 Å². The third-order valence-corrected chi connectivity index (χ3v) is 3.49. The Kier molecular flexibility index (Phi) is 4.11. The summed E-state index contributed by atoms with van der Waals surface area (Å²) in [6.45, 7) is 6.80. The Balaban J connectivity index is 2.54. The molecule has 2 atom stereocenters. The number of rotatable bonds is 4. The first-order valence-corrected chi connectivity index (χ1v) is 5.70. The lowest BCUT2D eigenvalue weighted by Crippen LogP contribution is -2.41. The summed E-state index contributed by atoms with van der Waals surface area (Å²) in [5, 5.41) is 2.75. The van der Waals surface area contributed by atoms with Crippen LogP contribution in [-0.4, -0.2) is 43.5 Å². The van der Waals surface area contributed by atoms with Crippen molar-refractivity contribution in [3.63, 3.8) is 0 Å². The van der Waals surface area contributed by atoms with E-state index in [2.05, 4.69) is 17.1 Å². The summed E-state index contributed by atoms with van der Waals surface area (Å²) in [6, 6.07) is 0.487. The number of nitrogens with two attached hydrogens (primary N) is 1. The second-order valence-electron chi connectivity index (χ2n) is 4.79. The molecule has 1 aliphatic rings. The molecular weight excluding hydrogens is 190 g/mol. The molecular formula is C11H23N3O. The first kappa shape index (κ1) is 12.5. The van der Waals surface area contributed by atoms with Crippen molar-refractivity contribution in [2.45, 2.75) is 32.7 Å². The van der Waals surface area contributed by atoms with Crippen LogP contribution in [0.4, 0.5) is 0 Å². The summed E-state index contributed by atoms with van der Waals surface area (Å²) in [6.07, 6.45) is 1.95. The van der Waals surface area contributed by atoms with Crippen LogP contribution in [0.25, 0.3) is 0 Å². The third kappa shape index (κ3) is 2.69. The van der Waals surface area contributed by atoms with Gasteiger partial charge in [-0.1, -0.05) is 0 Å². The minimum atomic E-state index is -0.211. The van der Waals surface area contributed by atoms with E-state index in [-0.39, 0.29) is 11.3 Å². The van der Waals surface area contributed by atoms with Crippen LogP contribution in [0.3, 0.4) is 0 Å². The maximum Gasteiger partial charge on any atom is 0.227 e. The molecule has 15 heavy (non-hydrogen) atoms. The van der Waals surface area contributed by atoms with Crippen LogP contribution in [0, 0.1) is 5.41 Å². The highest BCUT2D eigenvalue weighted by molar-refractivity contribution is 5.82. The molecule has 2 unspecified atom stereocenters. The van der Waals surface area contributed by atoms with Crippen molar-refractivity contribution in [3.05, 3.63) is 0 Å². The Bertz CT molecular complexity index is 232. The van der Waals surface area contributed by atoms with Crippen molar-refractivity contribution < 1.29 is 4.79 Å². The Morgan fingerprint density at radius 2 is 2.33 bits per heavy atom. The molecule has 0 aromatic carbocycles. The van der Waals surface area contributed by atoms with E-state index in [9.17, 15) is 4.79 Å². The van der Waals surface area contributed by atoms with E-state index >= 15 is 0 Å². The fourth-order valence-corrected chi connectivity index (χ4v) is 2.28. The Labute approximate surface area is 92.2 Å². The zero-order valence-corrected chi connectivity index (χ0v) is 10.0. The highest BCUT2D eigenvalue weighted by Gasteiger charge is 2.40. The molecule has 0 saturated carbocycles. The summed E-state index contributed by atoms with van der Waals surface area (Å²) in [5.74, 6) is 0.157. The average Bonchev–Trinajstić information content (AvgIpc) is 2.61. The maximum absolute atomic E-state index is 11.7. The predicted octanol–water partition coefficient (Wildman–Crippen LogP) is 0.182. The molecule has 1 fully saturated rings. The van der Waals surface area contributed by atoms with E-state index in [0.29, 0.717) is 12.6 Å². The fourth-order valence-electron chi connectivity index (χ4n) is 2.28. The molecule has 1 heterocycles. The fraction of sp³-hybridized carbons (Fsp3) is 0.909. The molecule has 88 valence electrons. The molecule has 0 aromatic rings. The number of likely N-dealkylation sites (tertiary alicyclic amines) is 1. The molecule has 1 saturated heterocycles. The van der Waals surface area contributed by atoms with Crippen molar-refractivity contribution >= 4 is 5.91 Å². The van der Waals surface area contributed by atoms with Crippen LogP contribution >= 0.6 is 0 Å². The molecule has 0 radical (unpaired) electrons. The molecule has 0 aromatic heterocycles. The smallest absolute Gasteiger partial charge is 0.227 e. The van der Waals surface area contributed by atoms with E-state index in [1.54, 1.807) is 7.05 Å². The zero-order valence-electron chi connectivity index (χ0n) is 10.0. The maximum atomic E-state index is 11.7. The zero-order chi connectivity index (χ0) is 11.5. The van der Waals surface area contributed by atoms with E-state index in [4.69, 9.17) is 5.73 Å². The highest BCUT2D eigenvalue weighted by Crippen LogP contribution is 2.31. The van der Waals surface area contributed by atoms with Gasteiger partial charge in [0.1, 0.15) is 0 Å². The van der Waals surface area contributed by atoms with Gasteiger partial charge in [-0.25, -0.2) is 0 Å². The molecule has 0 spiro atoms. The Morgan fingerprint density at radius 3 is 2.87 bits per heavy atom. The number of amides is 1. The van der Waals surface area contributed by atoms with Crippen molar-refractivity contribution in [3.8, 4) is 0 Å². The number of nitrogens with one attached hydrogen (secondary N) is 1. The van der Waals surface area contributed by atoms with Crippen LogP contribution in [0.15, 0.2) is 0 Å². The molecule has 3 N–H and O–H groups in total. The Hall–Kier alpha value is -0.610. The van der Waals surface area contributed by atoms with Crippen molar-refractivity contribution in [1.82, 2.24) is 10.2 Å². The van der Waals surface area contributed by atoms with Crippen molar-refractivity contribution in [1.29, 1.82) is 0 Å². The van der Waals surface area contributed by atoms with Gasteiger partial charge in [-0.05, 0) is 39.8 Å². The molecule has 4 heteroatoms. The first-order valence-electron chi connectivity index (χ1n) is 5.70. The van der Waals surface area contributed by atoms with Crippen molar-refractivity contribution in [2.75, 3.05) is 26.7 Å².